The van der Waals surface area contributed by atoms with Crippen molar-refractivity contribution in [1.29, 1.82) is 0 Å². The molecule has 1 unspecified atom stereocenters. The first-order valence-corrected chi connectivity index (χ1v) is 10.5. The Morgan fingerprint density at radius 1 is 1.30 bits per heavy atom. The highest BCUT2D eigenvalue weighted by molar-refractivity contribution is 7.91. The number of nitrogens with zero attached hydrogens (tertiary/aromatic N) is 3. The standard InChI is InChI=1S/C18H21FN4O3S/c1-23(15-8-11-27(25,26)12-15)18-21-10-7-16(22-18)17(24)20-9-6-13-2-4-14(19)5-3-13/h2-5,7,10,15H,6,8-9,11-12H2,1H3,(H,20,24). The van der Waals surface area contributed by atoms with Crippen molar-refractivity contribution in [2.75, 3.05) is 30.0 Å². The Morgan fingerprint density at radius 2 is 2.04 bits per heavy atom. The molecule has 1 aliphatic heterocycles. The summed E-state index contributed by atoms with van der Waals surface area (Å²) in [5, 5.41) is 2.77. The molecule has 144 valence electrons. The van der Waals surface area contributed by atoms with Crippen molar-refractivity contribution in [2.45, 2.75) is 18.9 Å². The molecule has 27 heavy (non-hydrogen) atoms. The van der Waals surface area contributed by atoms with Gasteiger partial charge in [-0.15, -0.1) is 0 Å². The number of sulfone groups is 1. The molecule has 2 aromatic rings. The maximum absolute atomic E-state index is 12.9. The van der Waals surface area contributed by atoms with Crippen LogP contribution < -0.4 is 10.2 Å². The van der Waals surface area contributed by atoms with Crippen molar-refractivity contribution in [3.05, 3.63) is 53.6 Å². The minimum absolute atomic E-state index is 0.0704. The third kappa shape index (κ3) is 5.00. The van der Waals surface area contributed by atoms with Crippen LogP contribution in [0.5, 0.6) is 0 Å². The van der Waals surface area contributed by atoms with E-state index >= 15 is 0 Å². The van der Waals surface area contributed by atoms with Crippen LogP contribution >= 0.6 is 0 Å². The van der Waals surface area contributed by atoms with Crippen LogP contribution in [0.3, 0.4) is 0 Å². The van der Waals surface area contributed by atoms with E-state index in [2.05, 4.69) is 15.3 Å². The largest absolute Gasteiger partial charge is 0.350 e. The summed E-state index contributed by atoms with van der Waals surface area (Å²) < 4.78 is 36.2. The third-order valence-electron chi connectivity index (χ3n) is 4.56. The number of benzene rings is 1. The van der Waals surface area contributed by atoms with Crippen LogP contribution in [-0.2, 0) is 16.3 Å². The number of carbonyl (C=O) groups is 1. The number of amides is 1. The van der Waals surface area contributed by atoms with E-state index in [0.717, 1.165) is 5.56 Å². The lowest BCUT2D eigenvalue weighted by molar-refractivity contribution is 0.0949. The Labute approximate surface area is 157 Å². The minimum atomic E-state index is -3.02. The molecule has 0 saturated carbocycles. The lowest BCUT2D eigenvalue weighted by Gasteiger charge is -2.23. The zero-order chi connectivity index (χ0) is 19.4. The van der Waals surface area contributed by atoms with Gasteiger partial charge in [-0.05, 0) is 36.6 Å². The van der Waals surface area contributed by atoms with Crippen LogP contribution in [-0.4, -0.2) is 55.4 Å². The van der Waals surface area contributed by atoms with Crippen LogP contribution in [0.4, 0.5) is 10.3 Å². The molecular weight excluding hydrogens is 371 g/mol. The summed E-state index contributed by atoms with van der Waals surface area (Å²) in [6, 6.07) is 7.44. The second-order valence-corrected chi connectivity index (χ2v) is 8.77. The summed E-state index contributed by atoms with van der Waals surface area (Å²) in [6.45, 7) is 0.389. The predicted octanol–water partition coefficient (Wildman–Crippen LogP) is 1.21. The zero-order valence-corrected chi connectivity index (χ0v) is 15.7. The number of nitrogens with one attached hydrogen (secondary N) is 1. The van der Waals surface area contributed by atoms with E-state index in [9.17, 15) is 17.6 Å². The average Bonchev–Trinajstić information content (AvgIpc) is 3.02. The highest BCUT2D eigenvalue weighted by atomic mass is 32.2. The second-order valence-electron chi connectivity index (χ2n) is 6.54. The highest BCUT2D eigenvalue weighted by Crippen LogP contribution is 2.20. The molecule has 1 aromatic carbocycles. The molecule has 1 N–H and O–H groups in total. The molecule has 1 atom stereocenters. The fourth-order valence-electron chi connectivity index (χ4n) is 2.95. The third-order valence-corrected chi connectivity index (χ3v) is 6.31. The van der Waals surface area contributed by atoms with Gasteiger partial charge in [-0.2, -0.15) is 0 Å². The second kappa shape index (κ2) is 7.99. The van der Waals surface area contributed by atoms with Gasteiger partial charge in [0.15, 0.2) is 9.84 Å². The molecule has 0 bridgehead atoms. The van der Waals surface area contributed by atoms with Gasteiger partial charge in [0.2, 0.25) is 5.95 Å². The molecule has 1 amide bonds. The van der Waals surface area contributed by atoms with Crippen molar-refractivity contribution in [3.8, 4) is 0 Å². The van der Waals surface area contributed by atoms with Gasteiger partial charge in [-0.25, -0.2) is 22.8 Å². The van der Waals surface area contributed by atoms with E-state index in [0.29, 0.717) is 25.3 Å². The van der Waals surface area contributed by atoms with E-state index in [4.69, 9.17) is 0 Å². The van der Waals surface area contributed by atoms with Gasteiger partial charge < -0.3 is 10.2 Å². The normalized spacial score (nSPS) is 18.2. The molecule has 1 fully saturated rings. The summed E-state index contributed by atoms with van der Waals surface area (Å²) in [6.07, 6.45) is 2.58. The molecule has 1 aromatic heterocycles. The number of hydrogen-bond donors (Lipinski definition) is 1. The maximum Gasteiger partial charge on any atom is 0.270 e. The summed E-state index contributed by atoms with van der Waals surface area (Å²) >= 11 is 0. The molecule has 9 heteroatoms. The molecular formula is C18H21FN4O3S. The van der Waals surface area contributed by atoms with Gasteiger partial charge >= 0.3 is 0 Å². The molecule has 7 nitrogen and oxygen atoms in total. The SMILES string of the molecule is CN(c1nccc(C(=O)NCCc2ccc(F)cc2)n1)C1CCS(=O)(=O)C1. The van der Waals surface area contributed by atoms with Crippen LogP contribution in [0, 0.1) is 5.82 Å². The van der Waals surface area contributed by atoms with Crippen molar-refractivity contribution in [2.24, 2.45) is 0 Å². The smallest absolute Gasteiger partial charge is 0.270 e. The van der Waals surface area contributed by atoms with Crippen molar-refractivity contribution in [3.63, 3.8) is 0 Å². The summed E-state index contributed by atoms with van der Waals surface area (Å²) in [4.78, 5) is 22.4. The van der Waals surface area contributed by atoms with Crippen molar-refractivity contribution >= 4 is 21.7 Å². The predicted molar refractivity (Wildman–Crippen MR) is 99.9 cm³/mol. The van der Waals surface area contributed by atoms with Crippen LogP contribution in [0.25, 0.3) is 0 Å². The number of anilines is 1. The number of rotatable bonds is 6. The van der Waals surface area contributed by atoms with Gasteiger partial charge in [0, 0.05) is 25.8 Å². The van der Waals surface area contributed by atoms with E-state index in [1.54, 1.807) is 24.1 Å². The Hall–Kier alpha value is -2.55. The Kier molecular flexibility index (Phi) is 5.69. The van der Waals surface area contributed by atoms with Crippen LogP contribution in [0.15, 0.2) is 36.5 Å². The number of halogens is 1. The zero-order valence-electron chi connectivity index (χ0n) is 14.9. The fraction of sp³-hybridized carbons (Fsp3) is 0.389. The molecule has 2 heterocycles. The summed E-state index contributed by atoms with van der Waals surface area (Å²) in [5.74, 6) is -0.0843. The monoisotopic (exact) mass is 392 g/mol. The molecule has 3 rings (SSSR count). The first-order chi connectivity index (χ1) is 12.8. The van der Waals surface area contributed by atoms with Crippen LogP contribution in [0.1, 0.15) is 22.5 Å². The molecule has 0 spiro atoms. The Bertz CT molecular complexity index is 918. The first kappa shape index (κ1) is 19.2. The van der Waals surface area contributed by atoms with Gasteiger partial charge in [-0.3, -0.25) is 4.79 Å². The minimum Gasteiger partial charge on any atom is -0.350 e. The quantitative estimate of drug-likeness (QED) is 0.795. The maximum atomic E-state index is 12.9. The summed E-state index contributed by atoms with van der Waals surface area (Å²) in [7, 11) is -1.28. The van der Waals surface area contributed by atoms with E-state index in [1.165, 1.54) is 24.4 Å². The Morgan fingerprint density at radius 3 is 2.70 bits per heavy atom. The topological polar surface area (TPSA) is 92.3 Å². The lowest BCUT2D eigenvalue weighted by atomic mass is 10.1. The van der Waals surface area contributed by atoms with Crippen LogP contribution in [0.2, 0.25) is 0 Å². The van der Waals surface area contributed by atoms with E-state index in [1.807, 2.05) is 0 Å². The van der Waals surface area contributed by atoms with Gasteiger partial charge in [0.05, 0.1) is 11.5 Å². The fourth-order valence-corrected chi connectivity index (χ4v) is 4.73. The number of aromatic nitrogens is 2. The number of hydrogen-bond acceptors (Lipinski definition) is 6. The van der Waals surface area contributed by atoms with Crippen molar-refractivity contribution < 1.29 is 17.6 Å². The average molecular weight is 392 g/mol. The lowest BCUT2D eigenvalue weighted by Crippen LogP contribution is -2.34. The Balaban J connectivity index is 1.59. The van der Waals surface area contributed by atoms with E-state index in [-0.39, 0.29) is 35.0 Å². The van der Waals surface area contributed by atoms with Crippen molar-refractivity contribution in [1.82, 2.24) is 15.3 Å². The molecule has 0 radical (unpaired) electrons. The molecule has 1 aliphatic rings. The van der Waals surface area contributed by atoms with Gasteiger partial charge in [-0.1, -0.05) is 12.1 Å². The molecule has 1 saturated heterocycles. The van der Waals surface area contributed by atoms with Gasteiger partial charge in [0.25, 0.3) is 5.91 Å². The summed E-state index contributed by atoms with van der Waals surface area (Å²) in [5.41, 5.74) is 1.13. The first-order valence-electron chi connectivity index (χ1n) is 8.63. The molecule has 0 aliphatic carbocycles. The highest BCUT2D eigenvalue weighted by Gasteiger charge is 2.31. The van der Waals surface area contributed by atoms with E-state index < -0.39 is 9.84 Å². The number of carbonyl (C=O) groups excluding carboxylic acids is 1. The van der Waals surface area contributed by atoms with Gasteiger partial charge in [0.1, 0.15) is 11.5 Å².